The Kier molecular flexibility index (Phi) is 4.19. The predicted molar refractivity (Wildman–Crippen MR) is 102 cm³/mol. The molecule has 0 bridgehead atoms. The van der Waals surface area contributed by atoms with Crippen molar-refractivity contribution in [2.75, 3.05) is 0 Å². The van der Waals surface area contributed by atoms with E-state index in [9.17, 15) is 4.79 Å². The number of aryl methyl sites for hydroxylation is 3. The minimum Gasteiger partial charge on any atom is -0.346 e. The van der Waals surface area contributed by atoms with Crippen molar-refractivity contribution in [2.24, 2.45) is 7.05 Å². The van der Waals surface area contributed by atoms with E-state index in [-0.39, 0.29) is 5.91 Å². The number of fused-ring (bicyclic) bond motifs is 1. The van der Waals surface area contributed by atoms with Gasteiger partial charge in [0.15, 0.2) is 0 Å². The average molecular weight is 360 g/mol. The quantitative estimate of drug-likeness (QED) is 0.607. The molecule has 0 atom stereocenters. The zero-order chi connectivity index (χ0) is 19.0. The van der Waals surface area contributed by atoms with Crippen molar-refractivity contribution in [2.45, 2.75) is 20.4 Å². The Hall–Kier alpha value is -3.48. The maximum atomic E-state index is 12.8. The van der Waals surface area contributed by atoms with Gasteiger partial charge in [0.2, 0.25) is 0 Å². The topological polar surface area (TPSA) is 77.1 Å². The highest BCUT2D eigenvalue weighted by atomic mass is 16.1. The molecule has 4 rings (SSSR count). The summed E-state index contributed by atoms with van der Waals surface area (Å²) in [6.45, 7) is 4.16. The van der Waals surface area contributed by atoms with E-state index in [0.717, 1.165) is 34.1 Å². The zero-order valence-corrected chi connectivity index (χ0v) is 15.5. The molecule has 1 N–H and O–H groups in total. The van der Waals surface area contributed by atoms with E-state index in [1.165, 1.54) is 0 Å². The van der Waals surface area contributed by atoms with E-state index in [2.05, 4.69) is 20.3 Å². The van der Waals surface area contributed by atoms with Crippen molar-refractivity contribution < 1.29 is 4.79 Å². The molecular formula is C20H20N6O. The molecule has 27 heavy (non-hydrogen) atoms. The molecule has 0 saturated heterocycles. The van der Waals surface area contributed by atoms with Crippen molar-refractivity contribution >= 4 is 11.4 Å². The number of hydrogen-bond donors (Lipinski definition) is 1. The van der Waals surface area contributed by atoms with Crippen LogP contribution in [0.25, 0.3) is 16.9 Å². The molecular weight excluding hydrogens is 340 g/mol. The number of rotatable bonds is 4. The van der Waals surface area contributed by atoms with Crippen LogP contribution in [0.4, 0.5) is 0 Å². The van der Waals surface area contributed by atoms with Gasteiger partial charge >= 0.3 is 0 Å². The van der Waals surface area contributed by atoms with Crippen LogP contribution >= 0.6 is 0 Å². The lowest BCUT2D eigenvalue weighted by Crippen LogP contribution is -2.23. The highest BCUT2D eigenvalue weighted by Gasteiger charge is 2.18. The van der Waals surface area contributed by atoms with Crippen LogP contribution < -0.4 is 5.32 Å². The second kappa shape index (κ2) is 6.68. The summed E-state index contributed by atoms with van der Waals surface area (Å²) in [5, 5.41) is 2.93. The Labute approximate surface area is 156 Å². The molecule has 0 unspecified atom stereocenters. The van der Waals surface area contributed by atoms with Gasteiger partial charge in [-0.1, -0.05) is 6.07 Å². The van der Waals surface area contributed by atoms with E-state index in [4.69, 9.17) is 0 Å². The number of carbonyl (C=O) groups is 1. The molecule has 0 saturated carbocycles. The van der Waals surface area contributed by atoms with E-state index in [1.54, 1.807) is 12.4 Å². The number of amides is 1. The largest absolute Gasteiger partial charge is 0.346 e. The first-order chi connectivity index (χ1) is 13.0. The van der Waals surface area contributed by atoms with Crippen LogP contribution in [0.15, 0.2) is 49.1 Å². The number of nitrogens with one attached hydrogen (secondary N) is 1. The number of nitrogens with zero attached hydrogens (tertiary/aromatic N) is 5. The standard InChI is InChI=1S/C20H20N6O/c1-13-9-22-15(10-21-13)11-23-20(27)16-8-19(17-12-25(3)14(2)24-17)26-7-5-4-6-18(16)26/h4-10,12H,11H2,1-3H3,(H,23,27). The van der Waals surface area contributed by atoms with Gasteiger partial charge in [-0.15, -0.1) is 0 Å². The first-order valence-corrected chi connectivity index (χ1v) is 8.69. The molecule has 4 aromatic rings. The molecule has 0 aliphatic rings. The highest BCUT2D eigenvalue weighted by Crippen LogP contribution is 2.25. The van der Waals surface area contributed by atoms with Crippen LogP contribution in [-0.2, 0) is 13.6 Å². The van der Waals surface area contributed by atoms with Gasteiger partial charge in [0.1, 0.15) is 11.5 Å². The lowest BCUT2D eigenvalue weighted by Gasteiger charge is -2.04. The van der Waals surface area contributed by atoms with Gasteiger partial charge < -0.3 is 14.3 Å². The van der Waals surface area contributed by atoms with Gasteiger partial charge in [0.25, 0.3) is 5.91 Å². The fraction of sp³-hybridized carbons (Fsp3) is 0.200. The molecule has 0 fully saturated rings. The monoisotopic (exact) mass is 360 g/mol. The molecule has 136 valence electrons. The Bertz CT molecular complexity index is 1100. The van der Waals surface area contributed by atoms with Crippen LogP contribution in [0, 0.1) is 13.8 Å². The second-order valence-corrected chi connectivity index (χ2v) is 6.52. The normalized spacial score (nSPS) is 11.1. The summed E-state index contributed by atoms with van der Waals surface area (Å²) < 4.78 is 3.95. The molecule has 0 aliphatic carbocycles. The van der Waals surface area contributed by atoms with Crippen molar-refractivity contribution in [3.8, 4) is 11.4 Å². The number of aromatic nitrogens is 5. The zero-order valence-electron chi connectivity index (χ0n) is 15.5. The van der Waals surface area contributed by atoms with Crippen molar-refractivity contribution in [1.82, 2.24) is 29.2 Å². The molecule has 0 spiro atoms. The van der Waals surface area contributed by atoms with Crippen LogP contribution in [-0.4, -0.2) is 29.8 Å². The molecule has 7 nitrogen and oxygen atoms in total. The Morgan fingerprint density at radius 3 is 2.74 bits per heavy atom. The summed E-state index contributed by atoms with van der Waals surface area (Å²) in [4.78, 5) is 25.9. The van der Waals surface area contributed by atoms with Crippen LogP contribution in [0.2, 0.25) is 0 Å². The van der Waals surface area contributed by atoms with Crippen molar-refractivity contribution in [3.63, 3.8) is 0 Å². The molecule has 0 radical (unpaired) electrons. The number of imidazole rings is 1. The smallest absolute Gasteiger partial charge is 0.253 e. The van der Waals surface area contributed by atoms with E-state index >= 15 is 0 Å². The van der Waals surface area contributed by atoms with Crippen LogP contribution in [0.3, 0.4) is 0 Å². The van der Waals surface area contributed by atoms with Gasteiger partial charge in [-0.05, 0) is 32.0 Å². The molecule has 1 amide bonds. The van der Waals surface area contributed by atoms with Gasteiger partial charge in [-0.2, -0.15) is 0 Å². The fourth-order valence-electron chi connectivity index (χ4n) is 2.99. The molecule has 0 aromatic carbocycles. The third-order valence-corrected chi connectivity index (χ3v) is 4.56. The van der Waals surface area contributed by atoms with E-state index < -0.39 is 0 Å². The van der Waals surface area contributed by atoms with E-state index in [0.29, 0.717) is 12.1 Å². The van der Waals surface area contributed by atoms with Crippen molar-refractivity contribution in [1.29, 1.82) is 0 Å². The van der Waals surface area contributed by atoms with Gasteiger partial charge in [-0.3, -0.25) is 14.8 Å². The first kappa shape index (κ1) is 17.0. The van der Waals surface area contributed by atoms with Crippen LogP contribution in [0.1, 0.15) is 27.6 Å². The number of pyridine rings is 1. The van der Waals surface area contributed by atoms with Gasteiger partial charge in [0.05, 0.1) is 40.9 Å². The highest BCUT2D eigenvalue weighted by molar-refractivity contribution is 6.02. The molecule has 0 aliphatic heterocycles. The summed E-state index contributed by atoms with van der Waals surface area (Å²) >= 11 is 0. The van der Waals surface area contributed by atoms with Gasteiger partial charge in [-0.25, -0.2) is 4.98 Å². The Morgan fingerprint density at radius 2 is 2.04 bits per heavy atom. The maximum absolute atomic E-state index is 12.8. The Morgan fingerprint density at radius 1 is 1.19 bits per heavy atom. The SMILES string of the molecule is Cc1cnc(CNC(=O)c2cc(-c3cn(C)c(C)n3)n3ccccc23)cn1. The summed E-state index contributed by atoms with van der Waals surface area (Å²) in [5.41, 5.74) is 4.73. The minimum atomic E-state index is -0.153. The summed E-state index contributed by atoms with van der Waals surface area (Å²) in [7, 11) is 1.96. The molecule has 7 heteroatoms. The fourth-order valence-corrected chi connectivity index (χ4v) is 2.99. The third-order valence-electron chi connectivity index (χ3n) is 4.56. The summed E-state index contributed by atoms with van der Waals surface area (Å²) in [6.07, 6.45) is 7.27. The maximum Gasteiger partial charge on any atom is 0.253 e. The molecule has 4 heterocycles. The summed E-state index contributed by atoms with van der Waals surface area (Å²) in [6, 6.07) is 7.67. The minimum absolute atomic E-state index is 0.153. The Balaban J connectivity index is 1.67. The van der Waals surface area contributed by atoms with Crippen LogP contribution in [0.5, 0.6) is 0 Å². The second-order valence-electron chi connectivity index (χ2n) is 6.52. The average Bonchev–Trinajstić information content (AvgIpc) is 3.21. The lowest BCUT2D eigenvalue weighted by atomic mass is 10.2. The number of carbonyl (C=O) groups excluding carboxylic acids is 1. The van der Waals surface area contributed by atoms with Gasteiger partial charge in [0, 0.05) is 25.6 Å². The summed E-state index contributed by atoms with van der Waals surface area (Å²) in [5.74, 6) is 0.764. The lowest BCUT2D eigenvalue weighted by molar-refractivity contribution is 0.0952. The number of hydrogen-bond acceptors (Lipinski definition) is 4. The predicted octanol–water partition coefficient (Wildman–Crippen LogP) is 2.68. The van der Waals surface area contributed by atoms with Crippen molar-refractivity contribution in [3.05, 3.63) is 71.8 Å². The first-order valence-electron chi connectivity index (χ1n) is 8.69. The van der Waals surface area contributed by atoms with E-state index in [1.807, 2.05) is 66.5 Å². The third kappa shape index (κ3) is 3.19. The molecule has 4 aromatic heterocycles.